The van der Waals surface area contributed by atoms with Crippen molar-refractivity contribution in [3.05, 3.63) is 41.0 Å². The second kappa shape index (κ2) is 6.32. The van der Waals surface area contributed by atoms with E-state index in [1.807, 2.05) is 18.2 Å². The van der Waals surface area contributed by atoms with E-state index in [-0.39, 0.29) is 0 Å². The number of pyridine rings is 1. The van der Waals surface area contributed by atoms with Crippen molar-refractivity contribution in [2.24, 2.45) is 0 Å². The number of nitrogens with two attached hydrogens (primary N) is 1. The van der Waals surface area contributed by atoms with Gasteiger partial charge in [-0.3, -0.25) is 0 Å². The summed E-state index contributed by atoms with van der Waals surface area (Å²) in [5.41, 5.74) is 8.73. The summed E-state index contributed by atoms with van der Waals surface area (Å²) >= 11 is 3.35. The molecule has 1 aliphatic heterocycles. The van der Waals surface area contributed by atoms with Crippen LogP contribution < -0.4 is 16.0 Å². The number of nitrogens with zero attached hydrogens (tertiary/aromatic N) is 2. The Kier molecular flexibility index (Phi) is 4.26. The Bertz CT molecular complexity index is 612. The van der Waals surface area contributed by atoms with Gasteiger partial charge in [0.25, 0.3) is 0 Å². The van der Waals surface area contributed by atoms with E-state index in [1.165, 1.54) is 5.69 Å². The maximum Gasteiger partial charge on any atom is 0.153 e. The van der Waals surface area contributed by atoms with Crippen LogP contribution in [0.4, 0.5) is 22.9 Å². The second-order valence-electron chi connectivity index (χ2n) is 4.86. The van der Waals surface area contributed by atoms with Gasteiger partial charge in [-0.05, 0) is 46.3 Å². The molecule has 0 amide bonds. The fourth-order valence-corrected chi connectivity index (χ4v) is 2.62. The first-order chi connectivity index (χ1) is 10.2. The standard InChI is InChI=1S/C15H17BrN4O/c16-11-9-14(17)15(18-10-11)19-12-1-3-13(4-2-12)20-5-7-21-8-6-20/h1-4,9-10H,5-8,17H2,(H,18,19). The maximum absolute atomic E-state index is 5.94. The van der Waals surface area contributed by atoms with E-state index in [2.05, 4.69) is 43.3 Å². The Hall–Kier alpha value is -1.79. The zero-order valence-electron chi connectivity index (χ0n) is 11.6. The van der Waals surface area contributed by atoms with Crippen molar-refractivity contribution < 1.29 is 4.74 Å². The highest BCUT2D eigenvalue weighted by Gasteiger charge is 2.11. The van der Waals surface area contributed by atoms with Gasteiger partial charge in [0.1, 0.15) is 0 Å². The summed E-state index contributed by atoms with van der Waals surface area (Å²) in [6, 6.07) is 10.1. The van der Waals surface area contributed by atoms with E-state index in [0.29, 0.717) is 11.5 Å². The fourth-order valence-electron chi connectivity index (χ4n) is 2.27. The molecule has 2 aromatic rings. The number of nitrogen functional groups attached to an aromatic ring is 1. The summed E-state index contributed by atoms with van der Waals surface area (Å²) in [5.74, 6) is 0.664. The third-order valence-corrected chi connectivity index (χ3v) is 3.82. The third kappa shape index (κ3) is 3.46. The lowest BCUT2D eigenvalue weighted by atomic mass is 10.2. The molecule has 3 rings (SSSR count). The van der Waals surface area contributed by atoms with Crippen LogP contribution in [0.1, 0.15) is 0 Å². The first kappa shape index (κ1) is 14.2. The summed E-state index contributed by atoms with van der Waals surface area (Å²) in [7, 11) is 0. The summed E-state index contributed by atoms with van der Waals surface area (Å²) in [6.07, 6.45) is 1.72. The van der Waals surface area contributed by atoms with Gasteiger partial charge in [-0.1, -0.05) is 0 Å². The van der Waals surface area contributed by atoms with Crippen LogP contribution in [0.5, 0.6) is 0 Å². The Morgan fingerprint density at radius 1 is 1.19 bits per heavy atom. The number of aromatic nitrogens is 1. The van der Waals surface area contributed by atoms with E-state index >= 15 is 0 Å². The minimum atomic E-state index is 0.613. The van der Waals surface area contributed by atoms with Crippen LogP contribution in [0, 0.1) is 0 Å². The predicted octanol–water partition coefficient (Wildman–Crippen LogP) is 3.01. The number of hydrogen-bond donors (Lipinski definition) is 2. The Morgan fingerprint density at radius 2 is 1.90 bits per heavy atom. The van der Waals surface area contributed by atoms with Gasteiger partial charge < -0.3 is 20.7 Å². The molecule has 0 radical (unpaired) electrons. The van der Waals surface area contributed by atoms with E-state index < -0.39 is 0 Å². The van der Waals surface area contributed by atoms with Gasteiger partial charge in [-0.25, -0.2) is 4.98 Å². The molecule has 6 heteroatoms. The lowest BCUT2D eigenvalue weighted by Crippen LogP contribution is -2.36. The van der Waals surface area contributed by atoms with Gasteiger partial charge in [0.05, 0.1) is 18.9 Å². The minimum Gasteiger partial charge on any atom is -0.396 e. The molecule has 3 N–H and O–H groups in total. The molecular weight excluding hydrogens is 332 g/mol. The number of morpholine rings is 1. The van der Waals surface area contributed by atoms with Crippen molar-refractivity contribution in [2.75, 3.05) is 42.3 Å². The summed E-state index contributed by atoms with van der Waals surface area (Å²) < 4.78 is 6.24. The van der Waals surface area contributed by atoms with Crippen LogP contribution in [0.3, 0.4) is 0 Å². The molecular formula is C15H17BrN4O. The van der Waals surface area contributed by atoms with E-state index in [4.69, 9.17) is 10.5 Å². The highest BCUT2D eigenvalue weighted by atomic mass is 79.9. The molecule has 21 heavy (non-hydrogen) atoms. The van der Waals surface area contributed by atoms with Crippen molar-refractivity contribution in [1.82, 2.24) is 4.98 Å². The van der Waals surface area contributed by atoms with Gasteiger partial charge >= 0.3 is 0 Å². The molecule has 1 aliphatic rings. The van der Waals surface area contributed by atoms with Crippen molar-refractivity contribution in [3.63, 3.8) is 0 Å². The van der Waals surface area contributed by atoms with Gasteiger partial charge in [-0.2, -0.15) is 0 Å². The molecule has 0 atom stereocenters. The number of halogens is 1. The molecule has 0 spiro atoms. The Morgan fingerprint density at radius 3 is 2.57 bits per heavy atom. The second-order valence-corrected chi connectivity index (χ2v) is 5.78. The summed E-state index contributed by atoms with van der Waals surface area (Å²) in [6.45, 7) is 3.46. The summed E-state index contributed by atoms with van der Waals surface area (Å²) in [4.78, 5) is 6.59. The normalized spacial score (nSPS) is 15.0. The monoisotopic (exact) mass is 348 g/mol. The van der Waals surface area contributed by atoms with Crippen LogP contribution >= 0.6 is 15.9 Å². The Balaban J connectivity index is 1.71. The number of rotatable bonds is 3. The largest absolute Gasteiger partial charge is 0.396 e. The molecule has 0 unspecified atom stereocenters. The third-order valence-electron chi connectivity index (χ3n) is 3.39. The van der Waals surface area contributed by atoms with Crippen LogP contribution in [0.15, 0.2) is 41.0 Å². The number of benzene rings is 1. The highest BCUT2D eigenvalue weighted by Crippen LogP contribution is 2.25. The number of anilines is 4. The minimum absolute atomic E-state index is 0.613. The zero-order chi connectivity index (χ0) is 14.7. The number of nitrogens with one attached hydrogen (secondary N) is 1. The molecule has 1 saturated heterocycles. The topological polar surface area (TPSA) is 63.4 Å². The predicted molar refractivity (Wildman–Crippen MR) is 89.1 cm³/mol. The van der Waals surface area contributed by atoms with Crippen LogP contribution in [0.2, 0.25) is 0 Å². The van der Waals surface area contributed by atoms with Crippen LogP contribution in [-0.4, -0.2) is 31.3 Å². The molecule has 1 aromatic heterocycles. The lowest BCUT2D eigenvalue weighted by molar-refractivity contribution is 0.122. The van der Waals surface area contributed by atoms with Crippen molar-refractivity contribution in [2.45, 2.75) is 0 Å². The van der Waals surface area contributed by atoms with Crippen LogP contribution in [-0.2, 0) is 4.74 Å². The molecule has 0 aliphatic carbocycles. The molecule has 0 bridgehead atoms. The first-order valence-electron chi connectivity index (χ1n) is 6.83. The molecule has 5 nitrogen and oxygen atoms in total. The van der Waals surface area contributed by atoms with Crippen LogP contribution in [0.25, 0.3) is 0 Å². The highest BCUT2D eigenvalue weighted by molar-refractivity contribution is 9.10. The maximum atomic E-state index is 5.94. The quantitative estimate of drug-likeness (QED) is 0.892. The van der Waals surface area contributed by atoms with E-state index in [1.54, 1.807) is 6.20 Å². The van der Waals surface area contributed by atoms with Gasteiger partial charge in [0.15, 0.2) is 5.82 Å². The zero-order valence-corrected chi connectivity index (χ0v) is 13.1. The summed E-state index contributed by atoms with van der Waals surface area (Å²) in [5, 5.41) is 3.23. The number of ether oxygens (including phenoxy) is 1. The average Bonchev–Trinajstić information content (AvgIpc) is 2.52. The SMILES string of the molecule is Nc1cc(Br)cnc1Nc1ccc(N2CCOCC2)cc1. The average molecular weight is 349 g/mol. The van der Waals surface area contributed by atoms with Crippen molar-refractivity contribution in [3.8, 4) is 0 Å². The molecule has 1 fully saturated rings. The smallest absolute Gasteiger partial charge is 0.153 e. The molecule has 2 heterocycles. The van der Waals surface area contributed by atoms with Gasteiger partial charge in [-0.15, -0.1) is 0 Å². The van der Waals surface area contributed by atoms with E-state index in [9.17, 15) is 0 Å². The van der Waals surface area contributed by atoms with E-state index in [0.717, 1.165) is 36.5 Å². The fraction of sp³-hybridized carbons (Fsp3) is 0.267. The molecule has 1 aromatic carbocycles. The van der Waals surface area contributed by atoms with Gasteiger partial charge in [0, 0.05) is 35.1 Å². The lowest BCUT2D eigenvalue weighted by Gasteiger charge is -2.28. The molecule has 0 saturated carbocycles. The Labute approximate surface area is 132 Å². The van der Waals surface area contributed by atoms with Crippen molar-refractivity contribution >= 4 is 38.8 Å². The van der Waals surface area contributed by atoms with Crippen molar-refractivity contribution in [1.29, 1.82) is 0 Å². The first-order valence-corrected chi connectivity index (χ1v) is 7.62. The molecule has 110 valence electrons. The van der Waals surface area contributed by atoms with Gasteiger partial charge in [0.2, 0.25) is 0 Å². The number of hydrogen-bond acceptors (Lipinski definition) is 5.